The van der Waals surface area contributed by atoms with Gasteiger partial charge in [0.1, 0.15) is 23.0 Å². The number of aryl methyl sites for hydroxylation is 1. The van der Waals surface area contributed by atoms with Gasteiger partial charge in [-0.15, -0.1) is 0 Å². The van der Waals surface area contributed by atoms with Crippen LogP contribution in [-0.4, -0.2) is 22.9 Å². The first-order chi connectivity index (χ1) is 9.10. The summed E-state index contributed by atoms with van der Waals surface area (Å²) in [4.78, 5) is 19.5. The maximum absolute atomic E-state index is 11.5. The van der Waals surface area contributed by atoms with Gasteiger partial charge in [-0.05, 0) is 25.1 Å². The van der Waals surface area contributed by atoms with E-state index >= 15 is 0 Å². The van der Waals surface area contributed by atoms with Gasteiger partial charge in [0.05, 0.1) is 5.69 Å². The van der Waals surface area contributed by atoms with Gasteiger partial charge in [0.25, 0.3) is 5.91 Å². The smallest absolute Gasteiger partial charge is 0.269 e. The second kappa shape index (κ2) is 5.34. The summed E-state index contributed by atoms with van der Waals surface area (Å²) in [5.74, 6) is 1.27. The average Bonchev–Trinajstić information content (AvgIpc) is 2.41. The van der Waals surface area contributed by atoms with Gasteiger partial charge < -0.3 is 15.8 Å². The highest BCUT2D eigenvalue weighted by Gasteiger charge is 2.08. The van der Waals surface area contributed by atoms with E-state index in [9.17, 15) is 4.79 Å². The molecule has 0 aromatic carbocycles. The molecule has 2 aromatic rings. The van der Waals surface area contributed by atoms with E-state index in [0.29, 0.717) is 28.7 Å². The van der Waals surface area contributed by atoms with Crippen LogP contribution >= 0.6 is 0 Å². The molecule has 0 aliphatic rings. The standard InChI is InChI=1S/C13H14N4O2/c1-8-11(3-4-12(14)17-8)19-9-5-6-16-10(7-9)13(18)15-2/h3-7H,1-2H3,(H2,14,17)(H,15,18). The molecule has 6 heteroatoms. The molecular formula is C13H14N4O2. The molecule has 2 rings (SSSR count). The third-order valence-electron chi connectivity index (χ3n) is 2.48. The van der Waals surface area contributed by atoms with E-state index in [-0.39, 0.29) is 5.91 Å². The lowest BCUT2D eigenvalue weighted by Crippen LogP contribution is -2.18. The van der Waals surface area contributed by atoms with Crippen molar-refractivity contribution >= 4 is 11.7 Å². The van der Waals surface area contributed by atoms with Crippen molar-refractivity contribution < 1.29 is 9.53 Å². The van der Waals surface area contributed by atoms with Crippen LogP contribution in [0.25, 0.3) is 0 Å². The maximum Gasteiger partial charge on any atom is 0.269 e. The van der Waals surface area contributed by atoms with Crippen LogP contribution in [0.4, 0.5) is 5.82 Å². The summed E-state index contributed by atoms with van der Waals surface area (Å²) in [7, 11) is 1.55. The second-order valence-corrected chi connectivity index (χ2v) is 3.88. The molecule has 0 spiro atoms. The Hall–Kier alpha value is -2.63. The minimum absolute atomic E-state index is 0.266. The molecule has 0 saturated heterocycles. The van der Waals surface area contributed by atoms with Gasteiger partial charge >= 0.3 is 0 Å². The number of nitrogens with two attached hydrogens (primary N) is 1. The van der Waals surface area contributed by atoms with Crippen LogP contribution in [0.1, 0.15) is 16.2 Å². The predicted octanol–water partition coefficient (Wildman–Crippen LogP) is 1.52. The van der Waals surface area contributed by atoms with Crippen molar-refractivity contribution in [2.75, 3.05) is 12.8 Å². The van der Waals surface area contributed by atoms with E-state index in [2.05, 4.69) is 15.3 Å². The summed E-state index contributed by atoms with van der Waals surface area (Å²) in [6.07, 6.45) is 1.51. The number of hydrogen-bond acceptors (Lipinski definition) is 5. The zero-order valence-corrected chi connectivity index (χ0v) is 10.7. The van der Waals surface area contributed by atoms with Gasteiger partial charge in [-0.2, -0.15) is 0 Å². The molecule has 0 fully saturated rings. The lowest BCUT2D eigenvalue weighted by molar-refractivity contribution is 0.0958. The molecule has 0 saturated carbocycles. The number of pyridine rings is 2. The third-order valence-corrected chi connectivity index (χ3v) is 2.48. The van der Waals surface area contributed by atoms with Gasteiger partial charge in [0.2, 0.25) is 0 Å². The van der Waals surface area contributed by atoms with E-state index in [0.717, 1.165) is 0 Å². The van der Waals surface area contributed by atoms with Gasteiger partial charge in [0.15, 0.2) is 0 Å². The molecule has 98 valence electrons. The van der Waals surface area contributed by atoms with Crippen LogP contribution in [0.2, 0.25) is 0 Å². The zero-order valence-electron chi connectivity index (χ0n) is 10.7. The quantitative estimate of drug-likeness (QED) is 0.871. The number of anilines is 1. The Morgan fingerprint density at radius 2 is 2.16 bits per heavy atom. The van der Waals surface area contributed by atoms with Crippen LogP contribution in [-0.2, 0) is 0 Å². The number of aromatic nitrogens is 2. The predicted molar refractivity (Wildman–Crippen MR) is 71.1 cm³/mol. The monoisotopic (exact) mass is 258 g/mol. The third kappa shape index (κ3) is 2.98. The fourth-order valence-electron chi connectivity index (χ4n) is 1.53. The molecule has 19 heavy (non-hydrogen) atoms. The molecular weight excluding hydrogens is 244 g/mol. The summed E-state index contributed by atoms with van der Waals surface area (Å²) < 4.78 is 5.66. The number of nitrogens with zero attached hydrogens (tertiary/aromatic N) is 2. The van der Waals surface area contributed by atoms with Gasteiger partial charge in [0, 0.05) is 19.3 Å². The molecule has 0 bridgehead atoms. The Morgan fingerprint density at radius 3 is 2.84 bits per heavy atom. The van der Waals surface area contributed by atoms with E-state index in [1.807, 2.05) is 0 Å². The van der Waals surface area contributed by atoms with Crippen molar-refractivity contribution in [1.82, 2.24) is 15.3 Å². The van der Waals surface area contributed by atoms with Crippen LogP contribution in [0.3, 0.4) is 0 Å². The molecule has 3 N–H and O–H groups in total. The van der Waals surface area contributed by atoms with Crippen molar-refractivity contribution in [3.63, 3.8) is 0 Å². The Labute approximate surface area is 110 Å². The van der Waals surface area contributed by atoms with E-state index in [1.54, 1.807) is 38.2 Å². The van der Waals surface area contributed by atoms with E-state index in [4.69, 9.17) is 10.5 Å². The van der Waals surface area contributed by atoms with Crippen LogP contribution in [0.5, 0.6) is 11.5 Å². The Morgan fingerprint density at radius 1 is 1.37 bits per heavy atom. The molecule has 0 aliphatic carbocycles. The fraction of sp³-hybridized carbons (Fsp3) is 0.154. The molecule has 0 atom stereocenters. The van der Waals surface area contributed by atoms with Gasteiger partial charge in [-0.1, -0.05) is 0 Å². The van der Waals surface area contributed by atoms with Crippen molar-refractivity contribution in [1.29, 1.82) is 0 Å². The summed E-state index contributed by atoms with van der Waals surface area (Å²) in [6, 6.07) is 6.62. The molecule has 0 aliphatic heterocycles. The van der Waals surface area contributed by atoms with Gasteiger partial charge in [-0.25, -0.2) is 4.98 Å². The van der Waals surface area contributed by atoms with Crippen LogP contribution in [0, 0.1) is 6.92 Å². The lowest BCUT2D eigenvalue weighted by Gasteiger charge is -2.09. The molecule has 6 nitrogen and oxygen atoms in total. The first-order valence-electron chi connectivity index (χ1n) is 5.69. The summed E-state index contributed by atoms with van der Waals surface area (Å²) >= 11 is 0. The van der Waals surface area contributed by atoms with Crippen molar-refractivity contribution in [3.8, 4) is 11.5 Å². The number of ether oxygens (including phenoxy) is 1. The largest absolute Gasteiger partial charge is 0.455 e. The number of amides is 1. The zero-order chi connectivity index (χ0) is 13.8. The van der Waals surface area contributed by atoms with Crippen molar-refractivity contribution in [3.05, 3.63) is 41.9 Å². The van der Waals surface area contributed by atoms with E-state index < -0.39 is 0 Å². The fourth-order valence-corrected chi connectivity index (χ4v) is 1.53. The SMILES string of the molecule is CNC(=O)c1cc(Oc2ccc(N)nc2C)ccn1. The number of carbonyl (C=O) groups excluding carboxylic acids is 1. The normalized spacial score (nSPS) is 10.0. The highest BCUT2D eigenvalue weighted by Crippen LogP contribution is 2.24. The number of nitrogens with one attached hydrogen (secondary N) is 1. The first kappa shape index (κ1) is 12.8. The average molecular weight is 258 g/mol. The number of nitrogen functional groups attached to an aromatic ring is 1. The molecule has 0 unspecified atom stereocenters. The molecule has 1 amide bonds. The highest BCUT2D eigenvalue weighted by atomic mass is 16.5. The summed E-state index contributed by atoms with van der Waals surface area (Å²) in [5, 5.41) is 2.51. The lowest BCUT2D eigenvalue weighted by atomic mass is 10.3. The second-order valence-electron chi connectivity index (χ2n) is 3.88. The Kier molecular flexibility index (Phi) is 3.61. The van der Waals surface area contributed by atoms with Crippen LogP contribution < -0.4 is 15.8 Å². The molecule has 2 heterocycles. The minimum atomic E-state index is -0.266. The van der Waals surface area contributed by atoms with Crippen molar-refractivity contribution in [2.45, 2.75) is 6.92 Å². The first-order valence-corrected chi connectivity index (χ1v) is 5.69. The molecule has 2 aromatic heterocycles. The maximum atomic E-state index is 11.5. The van der Waals surface area contributed by atoms with Crippen molar-refractivity contribution in [2.24, 2.45) is 0 Å². The number of carbonyl (C=O) groups is 1. The van der Waals surface area contributed by atoms with Crippen LogP contribution in [0.15, 0.2) is 30.5 Å². The Bertz CT molecular complexity index is 613. The van der Waals surface area contributed by atoms with Gasteiger partial charge in [-0.3, -0.25) is 9.78 Å². The number of hydrogen-bond donors (Lipinski definition) is 2. The summed E-state index contributed by atoms with van der Waals surface area (Å²) in [6.45, 7) is 1.80. The highest BCUT2D eigenvalue weighted by molar-refractivity contribution is 5.92. The topological polar surface area (TPSA) is 90.1 Å². The minimum Gasteiger partial charge on any atom is -0.455 e. The van der Waals surface area contributed by atoms with E-state index in [1.165, 1.54) is 6.20 Å². The number of rotatable bonds is 3. The summed E-state index contributed by atoms with van der Waals surface area (Å²) in [5.41, 5.74) is 6.54. The Balaban J connectivity index is 2.26. The molecule has 0 radical (unpaired) electrons.